The van der Waals surface area contributed by atoms with Crippen LogP contribution in [-0.4, -0.2) is 46.4 Å². The molecule has 1 rings (SSSR count). The number of β-amino-alcohol motifs (C(OH)–C–C–N with tert-alkyl or cyclic N) is 1. The van der Waals surface area contributed by atoms with E-state index in [1.54, 1.807) is 0 Å². The van der Waals surface area contributed by atoms with Crippen molar-refractivity contribution in [3.63, 3.8) is 0 Å². The van der Waals surface area contributed by atoms with Crippen molar-refractivity contribution in [1.82, 2.24) is 10.3 Å². The van der Waals surface area contributed by atoms with Crippen molar-refractivity contribution in [2.24, 2.45) is 5.84 Å². The van der Waals surface area contributed by atoms with Gasteiger partial charge < -0.3 is 15.1 Å². The Balaban J connectivity index is 2.49. The molecule has 5 N–H and O–H groups in total. The van der Waals surface area contributed by atoms with Crippen LogP contribution in [-0.2, 0) is 0 Å². The third-order valence-electron chi connectivity index (χ3n) is 1.77. The zero-order valence-electron chi connectivity index (χ0n) is 5.90. The number of hydrogen-bond acceptors (Lipinski definition) is 4. The average molecular weight is 161 g/mol. The van der Waals surface area contributed by atoms with Crippen molar-refractivity contribution in [2.45, 2.75) is 12.1 Å². The minimum atomic E-state index is -1.03. The number of aliphatic hydroxyl groups excluding tert-OH is 1. The molecule has 1 fully saturated rings. The van der Waals surface area contributed by atoms with Crippen molar-refractivity contribution in [2.75, 3.05) is 13.1 Å². The van der Waals surface area contributed by atoms with Crippen LogP contribution in [0.2, 0.25) is 0 Å². The number of carboxylic acid groups (broad SMARTS) is 1. The van der Waals surface area contributed by atoms with Crippen LogP contribution in [0.15, 0.2) is 0 Å². The number of rotatable bonds is 1. The molecule has 0 bridgehead atoms. The summed E-state index contributed by atoms with van der Waals surface area (Å²) >= 11 is 0. The molecule has 2 atom stereocenters. The molecule has 0 aromatic rings. The van der Waals surface area contributed by atoms with E-state index in [2.05, 4.69) is 5.43 Å². The van der Waals surface area contributed by atoms with Gasteiger partial charge in [0.2, 0.25) is 0 Å². The highest BCUT2D eigenvalue weighted by molar-refractivity contribution is 5.65. The Hall–Kier alpha value is -0.850. The average Bonchev–Trinajstić information content (AvgIpc) is 2.31. The maximum absolute atomic E-state index is 10.4. The molecule has 0 aromatic heterocycles. The van der Waals surface area contributed by atoms with Gasteiger partial charge in [-0.3, -0.25) is 11.3 Å². The minimum Gasteiger partial charge on any atom is -0.465 e. The Kier molecular flexibility index (Phi) is 2.28. The molecule has 0 radical (unpaired) electrons. The molecule has 0 aromatic carbocycles. The summed E-state index contributed by atoms with van der Waals surface area (Å²) in [6.07, 6.45) is -1.72. The van der Waals surface area contributed by atoms with Gasteiger partial charge in [-0.1, -0.05) is 0 Å². The van der Waals surface area contributed by atoms with Gasteiger partial charge in [0.25, 0.3) is 0 Å². The fraction of sp³-hybridized carbons (Fsp3) is 0.800. The highest BCUT2D eigenvalue weighted by atomic mass is 16.4. The van der Waals surface area contributed by atoms with Gasteiger partial charge in [-0.2, -0.15) is 0 Å². The lowest BCUT2D eigenvalue weighted by Crippen LogP contribution is -2.43. The maximum atomic E-state index is 10.4. The predicted molar refractivity (Wildman–Crippen MR) is 36.7 cm³/mol. The number of nitrogens with zero attached hydrogens (tertiary/aromatic N) is 1. The number of nitrogens with one attached hydrogen (secondary N) is 1. The predicted octanol–water partition coefficient (Wildman–Crippen LogP) is -1.83. The first kappa shape index (κ1) is 8.25. The molecule has 1 aliphatic rings. The Morgan fingerprint density at radius 1 is 1.64 bits per heavy atom. The molecule has 64 valence electrons. The fourth-order valence-electron chi connectivity index (χ4n) is 1.11. The van der Waals surface area contributed by atoms with Gasteiger partial charge in [-0.25, -0.2) is 4.79 Å². The van der Waals surface area contributed by atoms with E-state index in [-0.39, 0.29) is 19.1 Å². The number of aliphatic hydroxyl groups is 1. The third kappa shape index (κ3) is 1.59. The molecule has 1 aliphatic heterocycles. The number of nitrogens with two attached hydrogens (primary N) is 1. The third-order valence-corrected chi connectivity index (χ3v) is 1.77. The Morgan fingerprint density at radius 3 is 2.55 bits per heavy atom. The lowest BCUT2D eigenvalue weighted by Gasteiger charge is -2.10. The zero-order chi connectivity index (χ0) is 8.43. The normalized spacial score (nSPS) is 30.9. The van der Waals surface area contributed by atoms with Gasteiger partial charge in [0.15, 0.2) is 0 Å². The molecule has 6 nitrogen and oxygen atoms in total. The van der Waals surface area contributed by atoms with Crippen LogP contribution in [0.3, 0.4) is 0 Å². The summed E-state index contributed by atoms with van der Waals surface area (Å²) in [5.74, 6) is 5.06. The highest BCUT2D eigenvalue weighted by Gasteiger charge is 2.32. The smallest absolute Gasteiger partial charge is 0.407 e. The summed E-state index contributed by atoms with van der Waals surface area (Å²) in [6, 6.07) is -0.342. The molecule has 1 saturated heterocycles. The highest BCUT2D eigenvalue weighted by Crippen LogP contribution is 2.08. The van der Waals surface area contributed by atoms with Crippen LogP contribution in [0.25, 0.3) is 0 Å². The maximum Gasteiger partial charge on any atom is 0.407 e. The minimum absolute atomic E-state index is 0.129. The molecule has 0 unspecified atom stereocenters. The summed E-state index contributed by atoms with van der Waals surface area (Å²) in [4.78, 5) is 11.5. The largest absolute Gasteiger partial charge is 0.465 e. The molecule has 11 heavy (non-hydrogen) atoms. The lowest BCUT2D eigenvalue weighted by atomic mass is 10.2. The van der Waals surface area contributed by atoms with E-state index in [9.17, 15) is 4.79 Å². The van der Waals surface area contributed by atoms with Gasteiger partial charge in [-0.15, -0.1) is 0 Å². The van der Waals surface area contributed by atoms with E-state index in [1.165, 1.54) is 0 Å². The van der Waals surface area contributed by atoms with Crippen molar-refractivity contribution in [3.8, 4) is 0 Å². The first-order valence-electron chi connectivity index (χ1n) is 3.27. The van der Waals surface area contributed by atoms with Crippen LogP contribution in [0.1, 0.15) is 0 Å². The van der Waals surface area contributed by atoms with E-state index >= 15 is 0 Å². The van der Waals surface area contributed by atoms with Gasteiger partial charge in [0, 0.05) is 6.54 Å². The Labute approximate surface area is 63.6 Å². The molecular formula is C5H11N3O3. The Morgan fingerprint density at radius 2 is 2.27 bits per heavy atom. The van der Waals surface area contributed by atoms with E-state index < -0.39 is 12.2 Å². The van der Waals surface area contributed by atoms with Gasteiger partial charge in [-0.05, 0) is 0 Å². The Bertz CT molecular complexity index is 163. The second kappa shape index (κ2) is 3.04. The first-order valence-corrected chi connectivity index (χ1v) is 3.27. The number of likely N-dealkylation sites (tertiary alicyclic amines) is 1. The van der Waals surface area contributed by atoms with Crippen molar-refractivity contribution in [3.05, 3.63) is 0 Å². The van der Waals surface area contributed by atoms with Gasteiger partial charge >= 0.3 is 6.09 Å². The van der Waals surface area contributed by atoms with E-state index in [1.807, 2.05) is 0 Å². The van der Waals surface area contributed by atoms with Crippen LogP contribution < -0.4 is 11.3 Å². The van der Waals surface area contributed by atoms with E-state index in [4.69, 9.17) is 16.1 Å². The summed E-state index contributed by atoms with van der Waals surface area (Å²) < 4.78 is 0. The number of hydrazine groups is 1. The van der Waals surface area contributed by atoms with Gasteiger partial charge in [0.05, 0.1) is 18.7 Å². The van der Waals surface area contributed by atoms with Crippen LogP contribution in [0.4, 0.5) is 4.79 Å². The summed E-state index contributed by atoms with van der Waals surface area (Å²) in [6.45, 7) is 0.372. The SMILES string of the molecule is NN[C@H]1CN(C(=O)O)C[C@@H]1O. The molecule has 0 aliphatic carbocycles. The van der Waals surface area contributed by atoms with Gasteiger partial charge in [0.1, 0.15) is 0 Å². The summed E-state index contributed by atoms with van der Waals surface area (Å²) in [5.41, 5.74) is 2.34. The number of carbonyl (C=O) groups is 1. The number of hydrogen-bond donors (Lipinski definition) is 4. The van der Waals surface area contributed by atoms with E-state index in [0.717, 1.165) is 4.90 Å². The lowest BCUT2D eigenvalue weighted by molar-refractivity contribution is 0.136. The van der Waals surface area contributed by atoms with Crippen LogP contribution in [0.5, 0.6) is 0 Å². The summed E-state index contributed by atoms with van der Waals surface area (Å²) in [5, 5.41) is 17.7. The molecule has 0 saturated carbocycles. The topological polar surface area (TPSA) is 98.8 Å². The fourth-order valence-corrected chi connectivity index (χ4v) is 1.11. The molecular weight excluding hydrogens is 150 g/mol. The van der Waals surface area contributed by atoms with E-state index in [0.29, 0.717) is 0 Å². The summed E-state index contributed by atoms with van der Waals surface area (Å²) in [7, 11) is 0. The second-order valence-electron chi connectivity index (χ2n) is 2.53. The monoisotopic (exact) mass is 161 g/mol. The molecule has 1 heterocycles. The second-order valence-corrected chi connectivity index (χ2v) is 2.53. The van der Waals surface area contributed by atoms with Crippen molar-refractivity contribution < 1.29 is 15.0 Å². The van der Waals surface area contributed by atoms with Crippen molar-refractivity contribution >= 4 is 6.09 Å². The van der Waals surface area contributed by atoms with Crippen LogP contribution >= 0.6 is 0 Å². The van der Waals surface area contributed by atoms with Crippen molar-refractivity contribution in [1.29, 1.82) is 0 Å². The molecule has 0 spiro atoms. The quantitative estimate of drug-likeness (QED) is 0.268. The molecule has 1 amide bonds. The number of amides is 1. The van der Waals surface area contributed by atoms with Crippen LogP contribution in [0, 0.1) is 0 Å². The zero-order valence-corrected chi connectivity index (χ0v) is 5.90. The molecule has 6 heteroatoms. The standard InChI is InChI=1S/C5H11N3O3/c6-7-3-1-8(5(10)11)2-4(3)9/h3-4,7,9H,1-2,6H2,(H,10,11)/t3-,4-/m0/s1. The first-order chi connectivity index (χ1) is 5.15.